The minimum Gasteiger partial charge on any atom is -0.391 e. The smallest absolute Gasteiger partial charge is 0.152 e. The first-order valence-electron chi connectivity index (χ1n) is 2.19. The molecule has 4 heteroatoms. The van der Waals surface area contributed by atoms with Crippen molar-refractivity contribution in [2.45, 2.75) is 4.83 Å². The highest BCUT2D eigenvalue weighted by Crippen LogP contribution is 2.26. The van der Waals surface area contributed by atoms with Crippen LogP contribution in [0.15, 0.2) is 11.1 Å². The van der Waals surface area contributed by atoms with Gasteiger partial charge in [-0.2, -0.15) is 0 Å². The molecule has 1 aliphatic heterocycles. The Bertz CT molecular complexity index is 117. The van der Waals surface area contributed by atoms with Gasteiger partial charge in [0.15, 0.2) is 4.83 Å². The predicted octanol–water partition coefficient (Wildman–Crippen LogP) is 0.679. The second-order valence-corrected chi connectivity index (χ2v) is 3.30. The van der Waals surface area contributed by atoms with E-state index in [4.69, 9.17) is 16.7 Å². The molecule has 0 spiro atoms. The fourth-order valence-corrected chi connectivity index (χ4v) is 1.46. The highest BCUT2D eigenvalue weighted by molar-refractivity contribution is 8.04. The zero-order valence-corrected chi connectivity index (χ0v) is 5.67. The summed E-state index contributed by atoms with van der Waals surface area (Å²) in [7, 11) is 0. The highest BCUT2D eigenvalue weighted by Gasteiger charge is 2.11. The van der Waals surface area contributed by atoms with Gasteiger partial charge in [-0.25, -0.2) is 0 Å². The third-order valence-electron chi connectivity index (χ3n) is 0.786. The van der Waals surface area contributed by atoms with Crippen molar-refractivity contribution < 1.29 is 5.11 Å². The predicted molar refractivity (Wildman–Crippen MR) is 35.5 cm³/mol. The summed E-state index contributed by atoms with van der Waals surface area (Å²) in [5, 5.41) is 11.3. The third kappa shape index (κ3) is 1.31. The lowest BCUT2D eigenvalue weighted by Gasteiger charge is -1.95. The maximum absolute atomic E-state index is 8.50. The van der Waals surface area contributed by atoms with E-state index < -0.39 is 0 Å². The van der Waals surface area contributed by atoms with Crippen LogP contribution in [0.1, 0.15) is 0 Å². The molecule has 0 aliphatic carbocycles. The number of hydrogen-bond acceptors (Lipinski definition) is 3. The third-order valence-corrected chi connectivity index (χ3v) is 2.07. The number of halogens is 1. The summed E-state index contributed by atoms with van der Waals surface area (Å²) in [6.45, 7) is 0.0842. The lowest BCUT2D eigenvalue weighted by Crippen LogP contribution is -2.06. The minimum absolute atomic E-state index is 0.0842. The van der Waals surface area contributed by atoms with E-state index in [1.807, 2.05) is 0 Å². The van der Waals surface area contributed by atoms with Gasteiger partial charge in [-0.1, -0.05) is 23.4 Å². The van der Waals surface area contributed by atoms with Crippen molar-refractivity contribution >= 4 is 23.4 Å². The second-order valence-electron chi connectivity index (χ2n) is 1.37. The summed E-state index contributed by atoms with van der Waals surface area (Å²) in [6.07, 6.45) is 1.72. The molecule has 8 heavy (non-hydrogen) atoms. The molecule has 1 rings (SSSR count). The van der Waals surface area contributed by atoms with Gasteiger partial charge < -0.3 is 10.4 Å². The normalized spacial score (nSPS) is 27.2. The monoisotopic (exact) mass is 151 g/mol. The molecular weight excluding hydrogens is 146 g/mol. The van der Waals surface area contributed by atoms with Crippen LogP contribution in [-0.4, -0.2) is 16.5 Å². The number of rotatable bonds is 1. The minimum atomic E-state index is -0.0860. The van der Waals surface area contributed by atoms with Gasteiger partial charge in [0.1, 0.15) is 0 Å². The first-order valence-corrected chi connectivity index (χ1v) is 3.51. The summed E-state index contributed by atoms with van der Waals surface area (Å²) in [5.74, 6) is 0. The molecule has 0 aromatic rings. The fraction of sp³-hybridized carbons (Fsp3) is 0.500. The molecule has 0 bridgehead atoms. The number of alkyl halides is 1. The number of hydrogen-bond donors (Lipinski definition) is 2. The van der Waals surface area contributed by atoms with Crippen LogP contribution in [-0.2, 0) is 0 Å². The molecule has 0 saturated carbocycles. The molecule has 0 fully saturated rings. The van der Waals surface area contributed by atoms with E-state index in [0.717, 1.165) is 4.91 Å². The van der Waals surface area contributed by atoms with Crippen LogP contribution in [0.3, 0.4) is 0 Å². The fourth-order valence-electron chi connectivity index (χ4n) is 0.442. The first-order chi connectivity index (χ1) is 3.83. The van der Waals surface area contributed by atoms with E-state index in [-0.39, 0.29) is 11.4 Å². The van der Waals surface area contributed by atoms with Gasteiger partial charge in [0.05, 0.1) is 6.61 Å². The summed E-state index contributed by atoms with van der Waals surface area (Å²) < 4.78 is 0. The molecule has 0 aromatic carbocycles. The summed E-state index contributed by atoms with van der Waals surface area (Å²) in [4.78, 5) is 0.808. The van der Waals surface area contributed by atoms with E-state index in [1.165, 1.54) is 11.8 Å². The van der Waals surface area contributed by atoms with Crippen LogP contribution >= 0.6 is 23.4 Å². The maximum Gasteiger partial charge on any atom is 0.152 e. The molecule has 0 saturated heterocycles. The Balaban J connectivity index is 2.37. The van der Waals surface area contributed by atoms with E-state index in [9.17, 15) is 0 Å². The van der Waals surface area contributed by atoms with Crippen molar-refractivity contribution in [1.29, 1.82) is 0 Å². The zero-order chi connectivity index (χ0) is 5.98. The molecule has 2 N–H and O–H groups in total. The maximum atomic E-state index is 8.50. The van der Waals surface area contributed by atoms with Crippen molar-refractivity contribution in [2.75, 3.05) is 6.61 Å². The number of nitrogens with one attached hydrogen (secondary N) is 1. The van der Waals surface area contributed by atoms with Gasteiger partial charge >= 0.3 is 0 Å². The van der Waals surface area contributed by atoms with Crippen LogP contribution < -0.4 is 5.32 Å². The van der Waals surface area contributed by atoms with Crippen molar-refractivity contribution in [1.82, 2.24) is 5.32 Å². The summed E-state index contributed by atoms with van der Waals surface area (Å²) in [5.41, 5.74) is 0. The first kappa shape index (κ1) is 6.26. The molecule has 0 unspecified atom stereocenters. The Morgan fingerprint density at radius 1 is 2.00 bits per heavy atom. The highest BCUT2D eigenvalue weighted by atomic mass is 35.5. The molecule has 0 amide bonds. The Morgan fingerprint density at radius 3 is 3.00 bits per heavy atom. The second kappa shape index (κ2) is 2.62. The SMILES string of the molecule is OCC1=CN[C@H](Cl)S1. The van der Waals surface area contributed by atoms with E-state index in [1.54, 1.807) is 6.20 Å². The molecule has 2 nitrogen and oxygen atoms in total. The average Bonchev–Trinajstić information content (AvgIpc) is 2.14. The molecule has 1 atom stereocenters. The van der Waals surface area contributed by atoms with E-state index in [0.29, 0.717) is 0 Å². The molecule has 46 valence electrons. The van der Waals surface area contributed by atoms with Gasteiger partial charge in [-0.3, -0.25) is 0 Å². The van der Waals surface area contributed by atoms with Crippen LogP contribution in [0.4, 0.5) is 0 Å². The lowest BCUT2D eigenvalue weighted by molar-refractivity contribution is 0.339. The van der Waals surface area contributed by atoms with Crippen LogP contribution in [0.25, 0.3) is 0 Å². The molecular formula is C4H6ClNOS. The standard InChI is InChI=1S/C4H6ClNOS/c5-4-6-1-3(2-7)8-4/h1,4,6-7H,2H2/t4-/m0/s1. The number of aliphatic hydroxyl groups is 1. The Hall–Kier alpha value is 0.140. The molecule has 1 aliphatic rings. The van der Waals surface area contributed by atoms with Crippen molar-refractivity contribution in [2.24, 2.45) is 0 Å². The topological polar surface area (TPSA) is 32.3 Å². The summed E-state index contributed by atoms with van der Waals surface area (Å²) >= 11 is 7.01. The van der Waals surface area contributed by atoms with Crippen molar-refractivity contribution in [3.05, 3.63) is 11.1 Å². The van der Waals surface area contributed by atoms with Gasteiger partial charge in [-0.15, -0.1) is 0 Å². The van der Waals surface area contributed by atoms with Gasteiger partial charge in [0.25, 0.3) is 0 Å². The van der Waals surface area contributed by atoms with E-state index >= 15 is 0 Å². The Labute approximate surface area is 56.9 Å². The average molecular weight is 152 g/mol. The van der Waals surface area contributed by atoms with Crippen LogP contribution in [0.5, 0.6) is 0 Å². The van der Waals surface area contributed by atoms with Crippen LogP contribution in [0, 0.1) is 0 Å². The summed E-state index contributed by atoms with van der Waals surface area (Å²) in [6, 6.07) is 0. The van der Waals surface area contributed by atoms with Gasteiger partial charge in [0.2, 0.25) is 0 Å². The van der Waals surface area contributed by atoms with Gasteiger partial charge in [0, 0.05) is 11.1 Å². The quantitative estimate of drug-likeness (QED) is 0.427. The molecule has 0 aromatic heterocycles. The Morgan fingerprint density at radius 2 is 2.75 bits per heavy atom. The molecule has 1 heterocycles. The lowest BCUT2D eigenvalue weighted by atomic mass is 10.6. The Kier molecular flexibility index (Phi) is 2.05. The van der Waals surface area contributed by atoms with E-state index in [2.05, 4.69) is 5.32 Å². The molecule has 0 radical (unpaired) electrons. The van der Waals surface area contributed by atoms with Gasteiger partial charge in [-0.05, 0) is 0 Å². The van der Waals surface area contributed by atoms with Crippen LogP contribution in [0.2, 0.25) is 0 Å². The zero-order valence-electron chi connectivity index (χ0n) is 4.10. The van der Waals surface area contributed by atoms with Crippen molar-refractivity contribution in [3.8, 4) is 0 Å². The number of aliphatic hydroxyl groups excluding tert-OH is 1. The number of thioether (sulfide) groups is 1. The largest absolute Gasteiger partial charge is 0.391 e. The van der Waals surface area contributed by atoms with Crippen molar-refractivity contribution in [3.63, 3.8) is 0 Å².